The Morgan fingerprint density at radius 3 is 1.80 bits per heavy atom. The second-order valence-corrected chi connectivity index (χ2v) is 22.8. The number of nitrogens with zero attached hydrogens (tertiary/aromatic N) is 1. The number of nitrogens with one attached hydrogen (secondary N) is 7. The number of hydrogen-bond acceptors (Lipinski definition) is 18. The van der Waals surface area contributed by atoms with Crippen LogP contribution in [0.4, 0.5) is 10.5 Å². The molecule has 27 nitrogen and oxygen atoms in total. The average Bonchev–Trinajstić information content (AvgIpc) is 3.66. The number of aliphatic hydroxyl groups is 1. The molecule has 2 saturated heterocycles. The van der Waals surface area contributed by atoms with Crippen LogP contribution in [-0.4, -0.2) is 166 Å². The van der Waals surface area contributed by atoms with Gasteiger partial charge in [-0.2, -0.15) is 11.8 Å². The molecule has 2 fully saturated rings. The highest BCUT2D eigenvalue weighted by Gasteiger charge is 2.44. The molecule has 3 aromatic carbocycles. The van der Waals surface area contributed by atoms with Crippen LogP contribution in [0.1, 0.15) is 75.6 Å². The van der Waals surface area contributed by atoms with Crippen LogP contribution in [-0.2, 0) is 52.3 Å². The van der Waals surface area contributed by atoms with E-state index in [1.807, 2.05) is 11.8 Å². The van der Waals surface area contributed by atoms with Gasteiger partial charge in [-0.3, -0.25) is 28.8 Å². The minimum absolute atomic E-state index is 0.00825. The normalized spacial score (nSPS) is 16.7. The maximum Gasteiger partial charge on any atom is 0.457 e. The van der Waals surface area contributed by atoms with E-state index in [0.29, 0.717) is 69.7 Å². The molecule has 2 heterocycles. The molecular formula is C55H81N12O15PS. The zero-order valence-corrected chi connectivity index (χ0v) is 48.7. The Morgan fingerprint density at radius 2 is 1.21 bits per heavy atom. The maximum atomic E-state index is 15.2. The van der Waals surface area contributed by atoms with Crippen molar-refractivity contribution in [1.29, 1.82) is 0 Å². The van der Waals surface area contributed by atoms with Crippen molar-refractivity contribution in [3.63, 3.8) is 0 Å². The van der Waals surface area contributed by atoms with E-state index in [0.717, 1.165) is 25.0 Å². The van der Waals surface area contributed by atoms with Gasteiger partial charge in [0.15, 0.2) is 11.7 Å². The van der Waals surface area contributed by atoms with Gasteiger partial charge in [-0.1, -0.05) is 55.0 Å². The van der Waals surface area contributed by atoms with Crippen molar-refractivity contribution in [3.05, 3.63) is 90.5 Å². The number of carbonyl (C=O) groups excluding carboxylic acids is 7. The molecule has 3 aromatic rings. The monoisotopic (exact) mass is 1210 g/mol. The Kier molecular flexibility index (Phi) is 30.1. The number of ether oxygens (including phenoxy) is 4. The van der Waals surface area contributed by atoms with E-state index in [-0.39, 0.29) is 99.2 Å². The fourth-order valence-electron chi connectivity index (χ4n) is 8.72. The van der Waals surface area contributed by atoms with Crippen molar-refractivity contribution < 1.29 is 71.2 Å². The number of para-hydroxylation sites is 2. The zero-order chi connectivity index (χ0) is 60.5. The van der Waals surface area contributed by atoms with Crippen molar-refractivity contribution in [2.24, 2.45) is 27.9 Å². The first-order valence-electron chi connectivity index (χ1n) is 27.9. The molecule has 0 aromatic heterocycles. The lowest BCUT2D eigenvalue weighted by Gasteiger charge is -2.30. The van der Waals surface area contributed by atoms with Gasteiger partial charge in [-0.25, -0.2) is 14.4 Å². The Labute approximate surface area is 492 Å². The Bertz CT molecular complexity index is 2570. The first kappa shape index (κ1) is 67.7. The number of primary amides is 1. The molecule has 1 unspecified atom stereocenters. The van der Waals surface area contributed by atoms with Crippen molar-refractivity contribution in [2.45, 2.75) is 105 Å². The zero-order valence-electron chi connectivity index (χ0n) is 47.0. The van der Waals surface area contributed by atoms with E-state index >= 15 is 4.57 Å². The lowest BCUT2D eigenvalue weighted by atomic mass is 10.0. The highest BCUT2D eigenvalue weighted by molar-refractivity contribution is 8.00. The minimum Gasteiger partial charge on any atom is -0.414 e. The number of nitrogens with two attached hydrogens (primary N) is 4. The Hall–Kier alpha value is -7.04. The summed E-state index contributed by atoms with van der Waals surface area (Å²) in [6, 6.07) is 17.8. The number of thioether (sulfide) groups is 1. The van der Waals surface area contributed by atoms with Gasteiger partial charge in [0.05, 0.1) is 77.2 Å². The molecular weight excluding hydrogens is 1130 g/mol. The molecule has 84 heavy (non-hydrogen) atoms. The molecule has 0 radical (unpaired) electrons. The van der Waals surface area contributed by atoms with E-state index < -0.39 is 67.6 Å². The van der Waals surface area contributed by atoms with Crippen LogP contribution in [0, 0.1) is 0 Å². The Balaban J connectivity index is 1.04. The molecule has 16 N–H and O–H groups in total. The number of guanidine groups is 1. The van der Waals surface area contributed by atoms with Crippen LogP contribution in [0.15, 0.2) is 89.9 Å². The van der Waals surface area contributed by atoms with Crippen LogP contribution < -0.4 is 69.2 Å². The van der Waals surface area contributed by atoms with Gasteiger partial charge in [-0.15, -0.1) is 0 Å². The lowest BCUT2D eigenvalue weighted by molar-refractivity contribution is -0.134. The summed E-state index contributed by atoms with van der Waals surface area (Å²) in [5.41, 5.74) is 22.8. The quantitative estimate of drug-likeness (QED) is 0.0125. The van der Waals surface area contributed by atoms with Crippen molar-refractivity contribution in [1.82, 2.24) is 37.2 Å². The number of aliphatic hydroxyl groups excluding tert-OH is 1. The van der Waals surface area contributed by atoms with Crippen molar-refractivity contribution in [2.75, 3.05) is 78.3 Å². The molecule has 2 aliphatic rings. The maximum absolute atomic E-state index is 15.2. The largest absolute Gasteiger partial charge is 0.457 e. The van der Waals surface area contributed by atoms with Gasteiger partial charge in [-0.05, 0) is 87.0 Å². The van der Waals surface area contributed by atoms with E-state index in [2.05, 4.69) is 42.2 Å². The molecule has 0 aliphatic carbocycles. The topological polar surface area (TPSA) is 413 Å². The summed E-state index contributed by atoms with van der Waals surface area (Å²) in [7, 11) is -4.60. The van der Waals surface area contributed by atoms with E-state index in [9.17, 15) is 38.7 Å². The third-order valence-electron chi connectivity index (χ3n) is 13.0. The van der Waals surface area contributed by atoms with Gasteiger partial charge in [0, 0.05) is 36.8 Å². The fraction of sp³-hybridized carbons (Fsp3) is 0.527. The van der Waals surface area contributed by atoms with Crippen LogP contribution in [0.2, 0.25) is 0 Å². The minimum atomic E-state index is -4.60. The van der Waals surface area contributed by atoms with Crippen molar-refractivity contribution in [3.8, 4) is 11.5 Å². The Morgan fingerprint density at radius 1 is 0.643 bits per heavy atom. The standard InChI is InChI=1S/C55H81N12O15PS/c56-25-10-9-15-41(62-48(71)24-27-77-29-31-79-33-34-80-32-30-78-28-26-60-47(70)17-8-7-16-45-49-44(36-84-45)65-55(75)66-49)50(72)63-42(22-23-46(57)69)51(73)64-43(35-68)52(74)67-53(37-18-20-38(21-19-37)61-54(58)59)83(76,81-39-11-3-1-4-12-39)82-40-13-5-2-6-14-40/h1-6,11-14,18-21,41-45,49,53,68H,7-10,15-17,22-36,56H2,(H2,57,69)(H,60,70)(H,62,71)(H,63,72)(H,64,73)(H,67,74)(H4,58,59,61)(H2,65,66,75)/t41-,42-,43-,44-,45-,49-,53?/m0/s1. The number of unbranched alkanes of at least 4 members (excludes halogenated alkanes) is 2. The number of hydrogen-bond donors (Lipinski definition) is 12. The molecule has 0 spiro atoms. The van der Waals surface area contributed by atoms with E-state index in [1.165, 1.54) is 48.5 Å². The summed E-state index contributed by atoms with van der Waals surface area (Å²) in [5.74, 6) is -4.92. The molecule has 0 saturated carbocycles. The number of fused-ring (bicyclic) bond motifs is 1. The van der Waals surface area contributed by atoms with Crippen LogP contribution in [0.5, 0.6) is 11.5 Å². The predicted molar refractivity (Wildman–Crippen MR) is 314 cm³/mol. The summed E-state index contributed by atoms with van der Waals surface area (Å²) in [5, 5.41) is 30.0. The fourth-order valence-corrected chi connectivity index (χ4v) is 12.2. The van der Waals surface area contributed by atoms with Crippen molar-refractivity contribution >= 4 is 72.5 Å². The van der Waals surface area contributed by atoms with Crippen LogP contribution >= 0.6 is 19.4 Å². The highest BCUT2D eigenvalue weighted by atomic mass is 32.2. The van der Waals surface area contributed by atoms with Gasteiger partial charge in [0.2, 0.25) is 35.4 Å². The molecule has 29 heteroatoms. The number of benzene rings is 3. The molecule has 5 rings (SSSR count). The number of urea groups is 1. The van der Waals surface area contributed by atoms with Gasteiger partial charge in [0.25, 0.3) is 0 Å². The van der Waals surface area contributed by atoms with Gasteiger partial charge >= 0.3 is 13.6 Å². The van der Waals surface area contributed by atoms with E-state index in [1.54, 1.807) is 36.4 Å². The van der Waals surface area contributed by atoms with Crippen LogP contribution in [0.25, 0.3) is 0 Å². The van der Waals surface area contributed by atoms with Gasteiger partial charge < -0.3 is 93.3 Å². The third-order valence-corrected chi connectivity index (χ3v) is 16.5. The number of aliphatic imine (C=N–C) groups is 1. The van der Waals surface area contributed by atoms with Gasteiger partial charge in [0.1, 0.15) is 29.6 Å². The summed E-state index contributed by atoms with van der Waals surface area (Å²) < 4.78 is 49.5. The molecule has 7 atom stereocenters. The molecule has 8 amide bonds. The first-order chi connectivity index (χ1) is 40.6. The smallest absolute Gasteiger partial charge is 0.414 e. The number of rotatable bonds is 42. The lowest BCUT2D eigenvalue weighted by Crippen LogP contribution is -2.57. The SMILES string of the molecule is NCCCC[C@H](NC(=O)CCOCCOCCOCCOCCNC(=O)CCCC[C@@H]1SC[C@@H]2NC(=O)N[C@@H]21)C(=O)N[C@@H](CCC(N)=O)C(=O)N[C@@H](CO)C(=O)NC(c1ccc(N=C(N)N)cc1)P(=O)(Oc1ccccc1)Oc1ccccc1. The summed E-state index contributed by atoms with van der Waals surface area (Å²) in [6.45, 7) is 1.71. The van der Waals surface area contributed by atoms with E-state index in [4.69, 9.17) is 50.9 Å². The predicted octanol–water partition coefficient (Wildman–Crippen LogP) is 1.20. The summed E-state index contributed by atoms with van der Waals surface area (Å²) in [6.07, 6.45) is 3.29. The first-order valence-corrected chi connectivity index (χ1v) is 30.6. The molecule has 2 aliphatic heterocycles. The second-order valence-electron chi connectivity index (χ2n) is 19.5. The molecule has 0 bridgehead atoms. The second kappa shape index (κ2) is 37.3. The van der Waals surface area contributed by atoms with Crippen LogP contribution in [0.3, 0.4) is 0 Å². The molecule has 462 valence electrons. The summed E-state index contributed by atoms with van der Waals surface area (Å²) >= 11 is 1.86. The highest BCUT2D eigenvalue weighted by Crippen LogP contribution is 2.59. The average molecular weight is 1210 g/mol. The number of amides is 8. The third kappa shape index (κ3) is 24.7. The number of carbonyl (C=O) groups is 7. The summed E-state index contributed by atoms with van der Waals surface area (Å²) in [4.78, 5) is 95.0.